The first-order chi connectivity index (χ1) is 6.24. The fraction of sp³-hybridized carbons (Fsp3) is 0.500. The highest BCUT2D eigenvalue weighted by atomic mass is 19.1. The van der Waals surface area contributed by atoms with Crippen LogP contribution in [-0.2, 0) is 6.42 Å². The van der Waals surface area contributed by atoms with Gasteiger partial charge in [-0.1, -0.05) is 38.5 Å². The van der Waals surface area contributed by atoms with E-state index in [4.69, 9.17) is 0 Å². The zero-order valence-electron chi connectivity index (χ0n) is 8.39. The van der Waals surface area contributed by atoms with E-state index in [0.29, 0.717) is 5.92 Å². The maximum absolute atomic E-state index is 13.1. The lowest BCUT2D eigenvalue weighted by atomic mass is 9.99. The molecule has 0 spiro atoms. The Bertz CT molecular complexity index is 255. The van der Waals surface area contributed by atoms with Crippen molar-refractivity contribution < 1.29 is 4.39 Å². The SMILES string of the molecule is CCC(C)CCc1ccccc1F. The van der Waals surface area contributed by atoms with Crippen molar-refractivity contribution in [3.8, 4) is 0 Å². The molecule has 0 nitrogen and oxygen atoms in total. The Kier molecular flexibility index (Phi) is 3.94. The number of halogens is 1. The molecule has 0 radical (unpaired) electrons. The minimum Gasteiger partial charge on any atom is -0.207 e. The third kappa shape index (κ3) is 3.17. The molecule has 0 heterocycles. The Morgan fingerprint density at radius 1 is 1.31 bits per heavy atom. The van der Waals surface area contributed by atoms with Crippen molar-refractivity contribution in [2.75, 3.05) is 0 Å². The summed E-state index contributed by atoms with van der Waals surface area (Å²) in [6.07, 6.45) is 3.12. The molecule has 0 aromatic heterocycles. The fourth-order valence-corrected chi connectivity index (χ4v) is 1.31. The summed E-state index contributed by atoms with van der Waals surface area (Å²) >= 11 is 0. The van der Waals surface area contributed by atoms with Crippen LogP contribution in [-0.4, -0.2) is 0 Å². The van der Waals surface area contributed by atoms with Crippen LogP contribution >= 0.6 is 0 Å². The standard InChI is InChI=1S/C12H17F/c1-3-10(2)8-9-11-6-4-5-7-12(11)13/h4-7,10H,3,8-9H2,1-2H3. The van der Waals surface area contributed by atoms with Gasteiger partial charge in [-0.05, 0) is 30.4 Å². The second-order valence-electron chi connectivity index (χ2n) is 3.64. The fourth-order valence-electron chi connectivity index (χ4n) is 1.31. The molecule has 0 fully saturated rings. The van der Waals surface area contributed by atoms with E-state index >= 15 is 0 Å². The van der Waals surface area contributed by atoms with E-state index in [1.54, 1.807) is 6.07 Å². The maximum Gasteiger partial charge on any atom is 0.126 e. The molecule has 0 saturated heterocycles. The monoisotopic (exact) mass is 180 g/mol. The number of aryl methyl sites for hydroxylation is 1. The summed E-state index contributed by atoms with van der Waals surface area (Å²) in [6.45, 7) is 4.38. The largest absolute Gasteiger partial charge is 0.207 e. The van der Waals surface area contributed by atoms with Crippen LogP contribution in [0.4, 0.5) is 4.39 Å². The zero-order valence-corrected chi connectivity index (χ0v) is 8.39. The van der Waals surface area contributed by atoms with E-state index in [0.717, 1.165) is 18.4 Å². The maximum atomic E-state index is 13.1. The molecule has 1 atom stereocenters. The molecular weight excluding hydrogens is 163 g/mol. The van der Waals surface area contributed by atoms with Gasteiger partial charge in [0.25, 0.3) is 0 Å². The molecule has 0 aliphatic carbocycles. The van der Waals surface area contributed by atoms with Crippen LogP contribution in [0.25, 0.3) is 0 Å². The number of hydrogen-bond acceptors (Lipinski definition) is 0. The van der Waals surface area contributed by atoms with E-state index in [1.165, 1.54) is 12.5 Å². The van der Waals surface area contributed by atoms with Crippen LogP contribution in [0, 0.1) is 11.7 Å². The van der Waals surface area contributed by atoms with Gasteiger partial charge in [0.05, 0.1) is 0 Å². The highest BCUT2D eigenvalue weighted by Gasteiger charge is 2.03. The average molecular weight is 180 g/mol. The van der Waals surface area contributed by atoms with Gasteiger partial charge >= 0.3 is 0 Å². The van der Waals surface area contributed by atoms with Crippen LogP contribution in [0.5, 0.6) is 0 Å². The number of benzene rings is 1. The molecule has 1 unspecified atom stereocenters. The first-order valence-electron chi connectivity index (χ1n) is 4.97. The molecule has 1 heteroatoms. The van der Waals surface area contributed by atoms with E-state index in [-0.39, 0.29) is 5.82 Å². The molecule has 0 aliphatic rings. The Balaban J connectivity index is 2.50. The van der Waals surface area contributed by atoms with Gasteiger partial charge in [-0.2, -0.15) is 0 Å². The Morgan fingerprint density at radius 2 is 2.00 bits per heavy atom. The van der Waals surface area contributed by atoms with Crippen molar-refractivity contribution in [1.29, 1.82) is 0 Å². The highest BCUT2D eigenvalue weighted by molar-refractivity contribution is 5.17. The van der Waals surface area contributed by atoms with E-state index in [1.807, 2.05) is 12.1 Å². The van der Waals surface area contributed by atoms with Crippen LogP contribution in [0.1, 0.15) is 32.3 Å². The van der Waals surface area contributed by atoms with Gasteiger partial charge in [0.2, 0.25) is 0 Å². The molecule has 0 aliphatic heterocycles. The lowest BCUT2D eigenvalue weighted by Gasteiger charge is -2.08. The van der Waals surface area contributed by atoms with Gasteiger partial charge < -0.3 is 0 Å². The molecule has 72 valence electrons. The summed E-state index contributed by atoms with van der Waals surface area (Å²) in [5.74, 6) is 0.630. The van der Waals surface area contributed by atoms with Gasteiger partial charge in [0, 0.05) is 0 Å². The third-order valence-corrected chi connectivity index (χ3v) is 2.56. The van der Waals surface area contributed by atoms with Gasteiger partial charge in [-0.3, -0.25) is 0 Å². The summed E-state index contributed by atoms with van der Waals surface area (Å²) < 4.78 is 13.1. The van der Waals surface area contributed by atoms with Crippen molar-refractivity contribution in [3.63, 3.8) is 0 Å². The molecule has 0 saturated carbocycles. The molecule has 0 N–H and O–H groups in total. The van der Waals surface area contributed by atoms with Crippen LogP contribution in [0.15, 0.2) is 24.3 Å². The molecule has 13 heavy (non-hydrogen) atoms. The minimum absolute atomic E-state index is 0.0641. The second kappa shape index (κ2) is 5.00. The zero-order chi connectivity index (χ0) is 9.68. The molecule has 0 amide bonds. The Hall–Kier alpha value is -0.850. The van der Waals surface area contributed by atoms with Crippen molar-refractivity contribution in [3.05, 3.63) is 35.6 Å². The summed E-state index contributed by atoms with van der Waals surface area (Å²) in [5.41, 5.74) is 0.850. The van der Waals surface area contributed by atoms with Gasteiger partial charge in [0.15, 0.2) is 0 Å². The van der Waals surface area contributed by atoms with Crippen molar-refractivity contribution in [2.45, 2.75) is 33.1 Å². The first kappa shape index (κ1) is 10.2. The summed E-state index contributed by atoms with van der Waals surface area (Å²) in [6, 6.07) is 7.04. The highest BCUT2D eigenvalue weighted by Crippen LogP contribution is 2.14. The van der Waals surface area contributed by atoms with E-state index in [9.17, 15) is 4.39 Å². The van der Waals surface area contributed by atoms with Gasteiger partial charge in [-0.25, -0.2) is 4.39 Å². The van der Waals surface area contributed by atoms with Crippen molar-refractivity contribution in [2.24, 2.45) is 5.92 Å². The molecule has 0 bridgehead atoms. The summed E-state index contributed by atoms with van der Waals surface area (Å²) in [7, 11) is 0. The summed E-state index contributed by atoms with van der Waals surface area (Å²) in [4.78, 5) is 0. The van der Waals surface area contributed by atoms with Gasteiger partial charge in [0.1, 0.15) is 5.82 Å². The van der Waals surface area contributed by atoms with Crippen molar-refractivity contribution >= 4 is 0 Å². The van der Waals surface area contributed by atoms with Gasteiger partial charge in [-0.15, -0.1) is 0 Å². The smallest absolute Gasteiger partial charge is 0.126 e. The van der Waals surface area contributed by atoms with Crippen molar-refractivity contribution in [1.82, 2.24) is 0 Å². The average Bonchev–Trinajstić information content (AvgIpc) is 2.16. The van der Waals surface area contributed by atoms with Crippen LogP contribution in [0.3, 0.4) is 0 Å². The quantitative estimate of drug-likeness (QED) is 0.661. The van der Waals surface area contributed by atoms with E-state index < -0.39 is 0 Å². The predicted molar refractivity (Wildman–Crippen MR) is 54.2 cm³/mol. The van der Waals surface area contributed by atoms with Crippen LogP contribution < -0.4 is 0 Å². The lowest BCUT2D eigenvalue weighted by molar-refractivity contribution is 0.506. The topological polar surface area (TPSA) is 0 Å². The van der Waals surface area contributed by atoms with Crippen LogP contribution in [0.2, 0.25) is 0 Å². The number of hydrogen-bond donors (Lipinski definition) is 0. The minimum atomic E-state index is -0.0641. The van der Waals surface area contributed by atoms with E-state index in [2.05, 4.69) is 13.8 Å². The molecule has 1 rings (SSSR count). The normalized spacial score (nSPS) is 12.8. The molecule has 1 aromatic carbocycles. The molecular formula is C12H17F. The lowest BCUT2D eigenvalue weighted by Crippen LogP contribution is -1.97. The summed E-state index contributed by atoms with van der Waals surface area (Å²) in [5, 5.41) is 0. The third-order valence-electron chi connectivity index (χ3n) is 2.56. The molecule has 1 aromatic rings. The number of rotatable bonds is 4. The Labute approximate surface area is 79.8 Å². The second-order valence-corrected chi connectivity index (χ2v) is 3.64. The first-order valence-corrected chi connectivity index (χ1v) is 4.97. The predicted octanol–water partition coefficient (Wildman–Crippen LogP) is 3.80. The Morgan fingerprint density at radius 3 is 2.62 bits per heavy atom.